The van der Waals surface area contributed by atoms with Crippen LogP contribution in [-0.2, 0) is 17.6 Å². The van der Waals surface area contributed by atoms with Crippen LogP contribution in [0.15, 0.2) is 11.1 Å². The first-order chi connectivity index (χ1) is 8.61. The molecule has 0 atom stereocenters. The number of hydrogen-bond acceptors (Lipinski definition) is 4. The monoisotopic (exact) mass is 264 g/mol. The summed E-state index contributed by atoms with van der Waals surface area (Å²) < 4.78 is 0. The Bertz CT molecular complexity index is 501. The first kappa shape index (κ1) is 12.9. The third-order valence-corrected chi connectivity index (χ3v) is 3.92. The lowest BCUT2D eigenvalue weighted by atomic mass is 10.1. The second kappa shape index (κ2) is 5.39. The maximum absolute atomic E-state index is 11.3. The number of amidine groups is 1. The SMILES string of the molecule is CNC(=O)CSc1nc2c(cc1C(=N)N)CCC2. The average Bonchev–Trinajstić information content (AvgIpc) is 2.81. The van der Waals surface area contributed by atoms with Gasteiger partial charge in [0.1, 0.15) is 10.9 Å². The molecule has 2 rings (SSSR count). The first-order valence-corrected chi connectivity index (χ1v) is 6.81. The molecule has 0 saturated carbocycles. The number of nitrogens with one attached hydrogen (secondary N) is 2. The molecule has 1 aliphatic rings. The van der Waals surface area contributed by atoms with E-state index >= 15 is 0 Å². The van der Waals surface area contributed by atoms with Gasteiger partial charge in [-0.1, -0.05) is 11.8 Å². The number of hydrogen-bond donors (Lipinski definition) is 3. The van der Waals surface area contributed by atoms with Gasteiger partial charge in [-0.15, -0.1) is 0 Å². The third-order valence-electron chi connectivity index (χ3n) is 2.92. The van der Waals surface area contributed by atoms with E-state index < -0.39 is 0 Å². The van der Waals surface area contributed by atoms with Crippen molar-refractivity contribution in [2.24, 2.45) is 5.73 Å². The number of nitrogen functional groups attached to an aromatic ring is 1. The maximum atomic E-state index is 11.3. The molecule has 18 heavy (non-hydrogen) atoms. The second-order valence-corrected chi connectivity index (χ2v) is 5.14. The number of pyridine rings is 1. The molecule has 0 saturated heterocycles. The highest BCUT2D eigenvalue weighted by molar-refractivity contribution is 8.00. The summed E-state index contributed by atoms with van der Waals surface area (Å²) in [6.07, 6.45) is 3.08. The Morgan fingerprint density at radius 2 is 2.39 bits per heavy atom. The standard InChI is InChI=1S/C12H16N4OS/c1-15-10(17)6-18-12-8(11(13)14)5-7-3-2-4-9(7)16-12/h5H,2-4,6H2,1H3,(H3,13,14)(H,15,17). The van der Waals surface area contributed by atoms with Crippen molar-refractivity contribution in [2.45, 2.75) is 24.3 Å². The minimum absolute atomic E-state index is 0.0107. The zero-order chi connectivity index (χ0) is 13.1. The van der Waals surface area contributed by atoms with E-state index in [0.717, 1.165) is 25.0 Å². The van der Waals surface area contributed by atoms with E-state index in [1.54, 1.807) is 7.05 Å². The van der Waals surface area contributed by atoms with Gasteiger partial charge in [0.15, 0.2) is 0 Å². The van der Waals surface area contributed by atoms with Gasteiger partial charge in [0, 0.05) is 18.3 Å². The fourth-order valence-corrected chi connectivity index (χ4v) is 2.87. The predicted octanol–water partition coefficient (Wildman–Crippen LogP) is 0.692. The summed E-state index contributed by atoms with van der Waals surface area (Å²) >= 11 is 1.33. The van der Waals surface area contributed by atoms with E-state index in [9.17, 15) is 4.79 Å². The Labute approximate surface area is 110 Å². The molecule has 4 N–H and O–H groups in total. The van der Waals surface area contributed by atoms with Gasteiger partial charge in [0.05, 0.1) is 5.75 Å². The van der Waals surface area contributed by atoms with Crippen molar-refractivity contribution in [3.63, 3.8) is 0 Å². The largest absolute Gasteiger partial charge is 0.384 e. The lowest BCUT2D eigenvalue weighted by Crippen LogP contribution is -2.20. The smallest absolute Gasteiger partial charge is 0.230 e. The normalized spacial score (nSPS) is 13.2. The van der Waals surface area contributed by atoms with Gasteiger partial charge in [-0.3, -0.25) is 10.2 Å². The molecule has 1 aromatic heterocycles. The lowest BCUT2D eigenvalue weighted by Gasteiger charge is -2.09. The minimum Gasteiger partial charge on any atom is -0.384 e. The summed E-state index contributed by atoms with van der Waals surface area (Å²) in [5.74, 6) is 0.246. The van der Waals surface area contributed by atoms with Crippen molar-refractivity contribution in [1.29, 1.82) is 5.41 Å². The molecule has 0 aliphatic heterocycles. The number of aryl methyl sites for hydroxylation is 2. The minimum atomic E-state index is -0.0585. The predicted molar refractivity (Wildman–Crippen MR) is 72.1 cm³/mol. The van der Waals surface area contributed by atoms with E-state index in [0.29, 0.717) is 16.3 Å². The van der Waals surface area contributed by atoms with Crippen LogP contribution >= 0.6 is 11.8 Å². The molecule has 96 valence electrons. The van der Waals surface area contributed by atoms with Crippen LogP contribution in [0.5, 0.6) is 0 Å². The molecule has 5 nitrogen and oxygen atoms in total. The van der Waals surface area contributed by atoms with Gasteiger partial charge >= 0.3 is 0 Å². The summed E-state index contributed by atoms with van der Waals surface area (Å²) in [6.45, 7) is 0. The number of thioether (sulfide) groups is 1. The molecule has 0 unspecified atom stereocenters. The number of rotatable bonds is 4. The zero-order valence-electron chi connectivity index (χ0n) is 10.2. The Morgan fingerprint density at radius 1 is 1.61 bits per heavy atom. The fourth-order valence-electron chi connectivity index (χ4n) is 1.96. The molecule has 0 radical (unpaired) electrons. The van der Waals surface area contributed by atoms with E-state index in [1.165, 1.54) is 17.3 Å². The van der Waals surface area contributed by atoms with Crippen LogP contribution in [0.25, 0.3) is 0 Å². The molecular weight excluding hydrogens is 248 g/mol. The number of fused-ring (bicyclic) bond motifs is 1. The number of carbonyl (C=O) groups is 1. The third kappa shape index (κ3) is 2.64. The summed E-state index contributed by atoms with van der Waals surface area (Å²) in [7, 11) is 1.60. The second-order valence-electron chi connectivity index (χ2n) is 4.18. The first-order valence-electron chi connectivity index (χ1n) is 5.82. The van der Waals surface area contributed by atoms with Crippen LogP contribution in [0.3, 0.4) is 0 Å². The van der Waals surface area contributed by atoms with Gasteiger partial charge in [0.25, 0.3) is 0 Å². The van der Waals surface area contributed by atoms with Crippen molar-refractivity contribution in [3.05, 3.63) is 22.9 Å². The highest BCUT2D eigenvalue weighted by Crippen LogP contribution is 2.27. The van der Waals surface area contributed by atoms with Gasteiger partial charge in [0.2, 0.25) is 5.91 Å². The Morgan fingerprint density at radius 3 is 3.06 bits per heavy atom. The molecule has 0 spiro atoms. The molecule has 6 heteroatoms. The Kier molecular flexibility index (Phi) is 3.86. The van der Waals surface area contributed by atoms with Crippen LogP contribution in [0.1, 0.15) is 23.2 Å². The Balaban J connectivity index is 2.27. The van der Waals surface area contributed by atoms with E-state index in [-0.39, 0.29) is 11.7 Å². The average molecular weight is 264 g/mol. The summed E-state index contributed by atoms with van der Waals surface area (Å²) in [5, 5.41) is 10.8. The van der Waals surface area contributed by atoms with Crippen molar-refractivity contribution in [2.75, 3.05) is 12.8 Å². The molecule has 1 amide bonds. The highest BCUT2D eigenvalue weighted by atomic mass is 32.2. The summed E-state index contributed by atoms with van der Waals surface area (Å²) in [6, 6.07) is 1.95. The number of nitrogens with two attached hydrogens (primary N) is 1. The lowest BCUT2D eigenvalue weighted by molar-refractivity contribution is -0.118. The number of nitrogens with zero attached hydrogens (tertiary/aromatic N) is 1. The summed E-state index contributed by atoms with van der Waals surface area (Å²) in [4.78, 5) is 15.8. The van der Waals surface area contributed by atoms with Crippen LogP contribution in [0.2, 0.25) is 0 Å². The maximum Gasteiger partial charge on any atom is 0.230 e. The molecule has 1 aliphatic carbocycles. The van der Waals surface area contributed by atoms with Gasteiger partial charge in [-0.05, 0) is 30.9 Å². The van der Waals surface area contributed by atoms with Crippen molar-refractivity contribution in [1.82, 2.24) is 10.3 Å². The van der Waals surface area contributed by atoms with Crippen LogP contribution in [0.4, 0.5) is 0 Å². The van der Waals surface area contributed by atoms with Gasteiger partial charge in [-0.2, -0.15) is 0 Å². The topological polar surface area (TPSA) is 91.9 Å². The van der Waals surface area contributed by atoms with Crippen molar-refractivity contribution >= 4 is 23.5 Å². The summed E-state index contributed by atoms with van der Waals surface area (Å²) in [5.41, 5.74) is 8.49. The van der Waals surface area contributed by atoms with Gasteiger partial charge in [-0.25, -0.2) is 4.98 Å². The highest BCUT2D eigenvalue weighted by Gasteiger charge is 2.18. The molecule has 1 aromatic rings. The number of carbonyl (C=O) groups excluding carboxylic acids is 1. The fraction of sp³-hybridized carbons (Fsp3) is 0.417. The van der Waals surface area contributed by atoms with Crippen molar-refractivity contribution in [3.8, 4) is 0 Å². The quantitative estimate of drug-likeness (QED) is 0.424. The van der Waals surface area contributed by atoms with Gasteiger partial charge < -0.3 is 11.1 Å². The van der Waals surface area contributed by atoms with E-state index in [4.69, 9.17) is 11.1 Å². The van der Waals surface area contributed by atoms with Crippen LogP contribution in [-0.4, -0.2) is 29.5 Å². The number of amides is 1. The zero-order valence-corrected chi connectivity index (χ0v) is 11.1. The molecule has 0 bridgehead atoms. The van der Waals surface area contributed by atoms with E-state index in [2.05, 4.69) is 10.3 Å². The molecular formula is C12H16N4OS. The molecule has 0 aromatic carbocycles. The van der Waals surface area contributed by atoms with Crippen molar-refractivity contribution < 1.29 is 4.79 Å². The molecule has 1 heterocycles. The molecule has 0 fully saturated rings. The van der Waals surface area contributed by atoms with E-state index in [1.807, 2.05) is 6.07 Å². The Hall–Kier alpha value is -1.56. The van der Waals surface area contributed by atoms with Crippen LogP contribution < -0.4 is 11.1 Å². The number of aromatic nitrogens is 1. The van der Waals surface area contributed by atoms with Crippen LogP contribution in [0, 0.1) is 5.41 Å².